The minimum atomic E-state index is -0.974. The summed E-state index contributed by atoms with van der Waals surface area (Å²) in [6.07, 6.45) is 0.0963. The highest BCUT2D eigenvalue weighted by Gasteiger charge is 2.14. The second-order valence-electron chi connectivity index (χ2n) is 4.19. The van der Waals surface area contributed by atoms with Gasteiger partial charge < -0.3 is 14.4 Å². The fourth-order valence-electron chi connectivity index (χ4n) is 1.83. The highest BCUT2D eigenvalue weighted by atomic mass is 32.2. The van der Waals surface area contributed by atoms with Crippen molar-refractivity contribution < 1.29 is 23.8 Å². The first-order valence-electron chi connectivity index (χ1n) is 6.08. The Morgan fingerprint density at radius 1 is 1.48 bits per heavy atom. The van der Waals surface area contributed by atoms with E-state index in [4.69, 9.17) is 5.11 Å². The van der Waals surface area contributed by atoms with E-state index >= 15 is 0 Å². The summed E-state index contributed by atoms with van der Waals surface area (Å²) in [6.45, 7) is 0.245. The Bertz CT molecular complexity index is 686. The van der Waals surface area contributed by atoms with E-state index in [-0.39, 0.29) is 18.7 Å². The Labute approximate surface area is 123 Å². The highest BCUT2D eigenvalue weighted by Crippen LogP contribution is 2.25. The van der Waals surface area contributed by atoms with Crippen molar-refractivity contribution in [3.8, 4) is 0 Å². The number of rotatable bonds is 6. The van der Waals surface area contributed by atoms with Crippen molar-refractivity contribution in [1.29, 1.82) is 0 Å². The molecule has 0 aliphatic rings. The number of fused-ring (bicyclic) bond motifs is 1. The Kier molecular flexibility index (Phi) is 4.79. The van der Waals surface area contributed by atoms with E-state index in [0.29, 0.717) is 16.2 Å². The minimum Gasteiger partial charge on any atom is -0.481 e. The summed E-state index contributed by atoms with van der Waals surface area (Å²) in [6, 6.07) is 4.11. The average molecular weight is 312 g/mol. The van der Waals surface area contributed by atoms with Gasteiger partial charge in [0, 0.05) is 6.54 Å². The number of hydrogen-bond donors (Lipinski definition) is 1. The first kappa shape index (κ1) is 15.3. The molecule has 112 valence electrons. The molecule has 8 heteroatoms. The zero-order chi connectivity index (χ0) is 15.4. The number of aliphatic carboxylic acids is 1. The Morgan fingerprint density at radius 2 is 2.24 bits per heavy atom. The molecule has 0 bridgehead atoms. The number of ether oxygens (including phenoxy) is 1. The second kappa shape index (κ2) is 6.57. The summed E-state index contributed by atoms with van der Waals surface area (Å²) >= 11 is 1.02. The maximum Gasteiger partial charge on any atom is 0.313 e. The molecule has 0 atom stereocenters. The van der Waals surface area contributed by atoms with Crippen molar-refractivity contribution in [3.63, 3.8) is 0 Å². The number of thioether (sulfide) groups is 1. The molecule has 1 heterocycles. The van der Waals surface area contributed by atoms with Gasteiger partial charge in [0.1, 0.15) is 5.82 Å². The smallest absolute Gasteiger partial charge is 0.313 e. The van der Waals surface area contributed by atoms with Gasteiger partial charge in [0.25, 0.3) is 0 Å². The summed E-state index contributed by atoms with van der Waals surface area (Å²) in [5, 5.41) is 9.18. The zero-order valence-electron chi connectivity index (χ0n) is 11.2. The van der Waals surface area contributed by atoms with E-state index in [1.54, 1.807) is 4.57 Å². The van der Waals surface area contributed by atoms with Crippen molar-refractivity contribution in [3.05, 3.63) is 24.0 Å². The summed E-state index contributed by atoms with van der Waals surface area (Å²) < 4.78 is 19.6. The molecule has 2 aromatic rings. The molecule has 2 rings (SSSR count). The maximum atomic E-state index is 13.4. The van der Waals surface area contributed by atoms with E-state index in [1.165, 1.54) is 25.3 Å². The van der Waals surface area contributed by atoms with Crippen molar-refractivity contribution in [2.45, 2.75) is 18.1 Å². The summed E-state index contributed by atoms with van der Waals surface area (Å²) in [5.74, 6) is -1.96. The first-order chi connectivity index (χ1) is 10.0. The van der Waals surface area contributed by atoms with Gasteiger partial charge in [0.05, 0.1) is 30.3 Å². The predicted molar refractivity (Wildman–Crippen MR) is 74.7 cm³/mol. The van der Waals surface area contributed by atoms with Gasteiger partial charge in [0.15, 0.2) is 5.16 Å². The molecule has 0 amide bonds. The molecule has 0 saturated heterocycles. The third-order valence-corrected chi connectivity index (χ3v) is 3.73. The quantitative estimate of drug-likeness (QED) is 0.648. The fourth-order valence-corrected chi connectivity index (χ4v) is 2.59. The standard InChI is InChI=1S/C13H13FN2O4S/c1-20-12(19)4-5-16-10-6-8(14)2-3-9(10)15-13(16)21-7-11(17)18/h2-3,6H,4-5,7H2,1H3,(H,17,18). The van der Waals surface area contributed by atoms with Crippen molar-refractivity contribution >= 4 is 34.7 Å². The molecule has 1 aromatic carbocycles. The van der Waals surface area contributed by atoms with Crippen LogP contribution in [0.15, 0.2) is 23.4 Å². The molecule has 1 N–H and O–H groups in total. The summed E-state index contributed by atoms with van der Waals surface area (Å²) in [4.78, 5) is 26.2. The number of benzene rings is 1. The number of aryl methyl sites for hydroxylation is 1. The van der Waals surface area contributed by atoms with E-state index in [0.717, 1.165) is 11.8 Å². The van der Waals surface area contributed by atoms with Crippen molar-refractivity contribution in [2.75, 3.05) is 12.9 Å². The maximum absolute atomic E-state index is 13.4. The summed E-state index contributed by atoms with van der Waals surface area (Å²) in [5.41, 5.74) is 1.07. The van der Waals surface area contributed by atoms with Gasteiger partial charge in [-0.05, 0) is 18.2 Å². The van der Waals surface area contributed by atoms with Crippen LogP contribution in [0.3, 0.4) is 0 Å². The van der Waals surface area contributed by atoms with Crippen LogP contribution in [0, 0.1) is 5.82 Å². The van der Waals surface area contributed by atoms with Gasteiger partial charge in [-0.25, -0.2) is 9.37 Å². The van der Waals surface area contributed by atoms with Crippen LogP contribution in [0.5, 0.6) is 0 Å². The molecule has 0 fully saturated rings. The molecule has 0 spiro atoms. The normalized spacial score (nSPS) is 10.8. The minimum absolute atomic E-state index is 0.0963. The lowest BCUT2D eigenvalue weighted by atomic mass is 10.3. The third kappa shape index (κ3) is 3.72. The third-order valence-electron chi connectivity index (χ3n) is 2.77. The molecule has 0 saturated carbocycles. The Morgan fingerprint density at radius 3 is 2.90 bits per heavy atom. The molecule has 1 aromatic heterocycles. The lowest BCUT2D eigenvalue weighted by molar-refractivity contribution is -0.141. The number of carbonyl (C=O) groups excluding carboxylic acids is 1. The summed E-state index contributed by atoms with van der Waals surface area (Å²) in [7, 11) is 1.29. The van der Waals surface area contributed by atoms with Gasteiger partial charge in [0.2, 0.25) is 0 Å². The van der Waals surface area contributed by atoms with Crippen LogP contribution in [-0.4, -0.2) is 39.5 Å². The van der Waals surface area contributed by atoms with Crippen LogP contribution in [0.25, 0.3) is 11.0 Å². The molecule has 0 radical (unpaired) electrons. The zero-order valence-corrected chi connectivity index (χ0v) is 12.0. The lowest BCUT2D eigenvalue weighted by Gasteiger charge is -2.07. The molecule has 0 aliphatic heterocycles. The first-order valence-corrected chi connectivity index (χ1v) is 7.07. The van der Waals surface area contributed by atoms with Crippen molar-refractivity contribution in [2.24, 2.45) is 0 Å². The molecule has 0 aliphatic carbocycles. The van der Waals surface area contributed by atoms with Crippen LogP contribution in [0.2, 0.25) is 0 Å². The van der Waals surface area contributed by atoms with E-state index < -0.39 is 17.8 Å². The van der Waals surface area contributed by atoms with Gasteiger partial charge in [-0.2, -0.15) is 0 Å². The Balaban J connectivity index is 2.35. The van der Waals surface area contributed by atoms with E-state index in [9.17, 15) is 14.0 Å². The number of halogens is 1. The van der Waals surface area contributed by atoms with Crippen LogP contribution < -0.4 is 0 Å². The molecule has 0 unspecified atom stereocenters. The van der Waals surface area contributed by atoms with Gasteiger partial charge in [-0.15, -0.1) is 0 Å². The van der Waals surface area contributed by atoms with Crippen LogP contribution in [-0.2, 0) is 20.9 Å². The van der Waals surface area contributed by atoms with Gasteiger partial charge >= 0.3 is 11.9 Å². The van der Waals surface area contributed by atoms with E-state index in [1.807, 2.05) is 0 Å². The van der Waals surface area contributed by atoms with Gasteiger partial charge in [-0.3, -0.25) is 9.59 Å². The Hall–Kier alpha value is -2.09. The van der Waals surface area contributed by atoms with Crippen LogP contribution >= 0.6 is 11.8 Å². The van der Waals surface area contributed by atoms with Crippen LogP contribution in [0.4, 0.5) is 4.39 Å². The number of imidazole rings is 1. The number of aromatic nitrogens is 2. The number of carbonyl (C=O) groups is 2. The van der Waals surface area contributed by atoms with Crippen molar-refractivity contribution in [1.82, 2.24) is 9.55 Å². The second-order valence-corrected chi connectivity index (χ2v) is 5.13. The van der Waals surface area contributed by atoms with Crippen LogP contribution in [0.1, 0.15) is 6.42 Å². The number of nitrogens with zero attached hydrogens (tertiary/aromatic N) is 2. The SMILES string of the molecule is COC(=O)CCn1c(SCC(=O)O)nc2ccc(F)cc21. The number of methoxy groups -OCH3 is 1. The number of esters is 1. The molecule has 6 nitrogen and oxygen atoms in total. The number of carboxylic acid groups (broad SMARTS) is 1. The molecular formula is C13H13FN2O4S. The number of carboxylic acids is 1. The molecular weight excluding hydrogens is 299 g/mol. The average Bonchev–Trinajstić information content (AvgIpc) is 2.79. The lowest BCUT2D eigenvalue weighted by Crippen LogP contribution is -2.09. The highest BCUT2D eigenvalue weighted by molar-refractivity contribution is 7.99. The van der Waals surface area contributed by atoms with Gasteiger partial charge in [-0.1, -0.05) is 11.8 Å². The fraction of sp³-hybridized carbons (Fsp3) is 0.308. The number of hydrogen-bond acceptors (Lipinski definition) is 5. The van der Waals surface area contributed by atoms with E-state index in [2.05, 4.69) is 9.72 Å². The largest absolute Gasteiger partial charge is 0.481 e. The monoisotopic (exact) mass is 312 g/mol. The topological polar surface area (TPSA) is 81.4 Å². The predicted octanol–water partition coefficient (Wildman–Crippen LogP) is 1.92. The molecule has 21 heavy (non-hydrogen) atoms.